The van der Waals surface area contributed by atoms with Crippen molar-refractivity contribution in [3.63, 3.8) is 0 Å². The molecule has 1 amide bonds. The van der Waals surface area contributed by atoms with Crippen LogP contribution in [0.3, 0.4) is 0 Å². The molecule has 0 spiro atoms. The molecule has 1 atom stereocenters. The Morgan fingerprint density at radius 1 is 1.00 bits per heavy atom. The van der Waals surface area contributed by atoms with E-state index in [1.54, 1.807) is 42.5 Å². The Bertz CT molecular complexity index is 744. The van der Waals surface area contributed by atoms with Crippen LogP contribution in [0.2, 0.25) is 0 Å². The SMILES string of the molecule is Nc1ccc(NC(=O)c2cccc(C(=O)C(O)CCCCCO)c2)cc1. The van der Waals surface area contributed by atoms with E-state index >= 15 is 0 Å². The average molecular weight is 356 g/mol. The zero-order chi connectivity index (χ0) is 18.9. The van der Waals surface area contributed by atoms with Gasteiger partial charge in [-0.15, -0.1) is 0 Å². The first-order valence-corrected chi connectivity index (χ1v) is 8.61. The maximum atomic E-state index is 12.3. The number of unbranched alkanes of at least 4 members (excludes halogenated alkanes) is 2. The highest BCUT2D eigenvalue weighted by Gasteiger charge is 2.18. The van der Waals surface area contributed by atoms with Crippen molar-refractivity contribution >= 4 is 23.1 Å². The second-order valence-corrected chi connectivity index (χ2v) is 6.11. The fraction of sp³-hybridized carbons (Fsp3) is 0.300. The lowest BCUT2D eigenvalue weighted by Gasteiger charge is -2.11. The van der Waals surface area contributed by atoms with Gasteiger partial charge in [0.05, 0.1) is 0 Å². The van der Waals surface area contributed by atoms with Gasteiger partial charge in [0.15, 0.2) is 5.78 Å². The van der Waals surface area contributed by atoms with Crippen LogP contribution in [-0.4, -0.2) is 34.6 Å². The summed E-state index contributed by atoms with van der Waals surface area (Å²) in [5.74, 6) is -0.752. The van der Waals surface area contributed by atoms with Crippen LogP contribution in [0.5, 0.6) is 0 Å². The standard InChI is InChI=1S/C20H24N2O4/c21-16-8-10-17(11-9-16)22-20(26)15-6-4-5-14(13-15)19(25)18(24)7-2-1-3-12-23/h4-6,8-11,13,18,23-24H,1-3,7,12,21H2,(H,22,26). The molecule has 0 saturated heterocycles. The van der Waals surface area contributed by atoms with Crippen molar-refractivity contribution in [2.75, 3.05) is 17.7 Å². The summed E-state index contributed by atoms with van der Waals surface area (Å²) >= 11 is 0. The van der Waals surface area contributed by atoms with Crippen LogP contribution in [0.25, 0.3) is 0 Å². The number of nitrogens with two attached hydrogens (primary N) is 1. The Balaban J connectivity index is 2.00. The van der Waals surface area contributed by atoms with Crippen molar-refractivity contribution in [3.8, 4) is 0 Å². The fourth-order valence-corrected chi connectivity index (χ4v) is 2.53. The normalized spacial score (nSPS) is 11.8. The van der Waals surface area contributed by atoms with E-state index in [0.717, 1.165) is 6.42 Å². The Hall–Kier alpha value is -2.70. The number of benzene rings is 2. The molecule has 0 heterocycles. The van der Waals surface area contributed by atoms with Gasteiger partial charge in [-0.1, -0.05) is 25.0 Å². The largest absolute Gasteiger partial charge is 0.399 e. The number of ketones is 1. The van der Waals surface area contributed by atoms with Gasteiger partial charge in [-0.05, 0) is 49.2 Å². The molecule has 0 aliphatic heterocycles. The molecule has 0 saturated carbocycles. The molecule has 0 fully saturated rings. The van der Waals surface area contributed by atoms with Crippen LogP contribution < -0.4 is 11.1 Å². The highest BCUT2D eigenvalue weighted by molar-refractivity contribution is 6.07. The summed E-state index contributed by atoms with van der Waals surface area (Å²) in [6, 6.07) is 13.0. The Morgan fingerprint density at radius 3 is 2.38 bits per heavy atom. The van der Waals surface area contributed by atoms with Crippen LogP contribution in [0.1, 0.15) is 46.4 Å². The smallest absolute Gasteiger partial charge is 0.255 e. The van der Waals surface area contributed by atoms with Crippen molar-refractivity contribution in [1.82, 2.24) is 0 Å². The molecule has 2 rings (SSSR count). The fourth-order valence-electron chi connectivity index (χ4n) is 2.53. The van der Waals surface area contributed by atoms with Crippen molar-refractivity contribution in [3.05, 3.63) is 59.7 Å². The Labute approximate surface area is 152 Å². The number of hydrogen-bond acceptors (Lipinski definition) is 5. The molecule has 6 heteroatoms. The van der Waals surface area contributed by atoms with Crippen LogP contribution in [-0.2, 0) is 0 Å². The van der Waals surface area contributed by atoms with E-state index in [4.69, 9.17) is 10.8 Å². The summed E-state index contributed by atoms with van der Waals surface area (Å²) in [5, 5.41) is 21.5. The highest BCUT2D eigenvalue weighted by atomic mass is 16.3. The van der Waals surface area contributed by atoms with E-state index in [9.17, 15) is 14.7 Å². The molecule has 26 heavy (non-hydrogen) atoms. The number of Topliss-reactive ketones (excluding diaryl/α,β-unsaturated/α-hetero) is 1. The number of rotatable bonds is 9. The number of nitrogen functional groups attached to an aromatic ring is 1. The zero-order valence-corrected chi connectivity index (χ0v) is 14.5. The van der Waals surface area contributed by atoms with Crippen molar-refractivity contribution in [1.29, 1.82) is 0 Å². The van der Waals surface area contributed by atoms with Crippen LogP contribution in [0.15, 0.2) is 48.5 Å². The van der Waals surface area contributed by atoms with Gasteiger partial charge >= 0.3 is 0 Å². The Kier molecular flexibility index (Phi) is 7.32. The van der Waals surface area contributed by atoms with E-state index in [2.05, 4.69) is 5.32 Å². The molecule has 2 aromatic carbocycles. The van der Waals surface area contributed by atoms with Gasteiger partial charge in [0, 0.05) is 29.1 Å². The van der Waals surface area contributed by atoms with Gasteiger partial charge < -0.3 is 21.3 Å². The minimum Gasteiger partial charge on any atom is -0.399 e. The maximum absolute atomic E-state index is 12.3. The number of carbonyl (C=O) groups is 2. The summed E-state index contributed by atoms with van der Waals surface area (Å²) in [7, 11) is 0. The molecular formula is C20H24N2O4. The molecule has 2 aromatic rings. The van der Waals surface area contributed by atoms with Gasteiger partial charge in [-0.3, -0.25) is 9.59 Å². The van der Waals surface area contributed by atoms with Crippen molar-refractivity contribution in [2.24, 2.45) is 0 Å². The van der Waals surface area contributed by atoms with Crippen molar-refractivity contribution < 1.29 is 19.8 Å². The second-order valence-electron chi connectivity index (χ2n) is 6.11. The zero-order valence-electron chi connectivity index (χ0n) is 14.5. The quantitative estimate of drug-likeness (QED) is 0.313. The number of anilines is 2. The highest BCUT2D eigenvalue weighted by Crippen LogP contribution is 2.15. The van der Waals surface area contributed by atoms with E-state index in [1.807, 2.05) is 0 Å². The van der Waals surface area contributed by atoms with E-state index in [-0.39, 0.29) is 12.5 Å². The summed E-state index contributed by atoms with van der Waals surface area (Å²) in [4.78, 5) is 24.7. The third-order valence-corrected chi connectivity index (χ3v) is 4.02. The lowest BCUT2D eigenvalue weighted by molar-refractivity contribution is 0.0724. The van der Waals surface area contributed by atoms with E-state index in [1.165, 1.54) is 6.07 Å². The molecule has 5 N–H and O–H groups in total. The maximum Gasteiger partial charge on any atom is 0.255 e. The second kappa shape index (κ2) is 9.70. The molecule has 6 nitrogen and oxygen atoms in total. The number of nitrogens with one attached hydrogen (secondary N) is 1. The van der Waals surface area contributed by atoms with Gasteiger partial charge in [0.25, 0.3) is 5.91 Å². The van der Waals surface area contributed by atoms with Gasteiger partial charge in [0.2, 0.25) is 0 Å². The number of carbonyl (C=O) groups excluding carboxylic acids is 2. The predicted octanol–water partition coefficient (Wildman–Crippen LogP) is 2.62. The number of aliphatic hydroxyl groups excluding tert-OH is 2. The topological polar surface area (TPSA) is 113 Å². The van der Waals surface area contributed by atoms with Gasteiger partial charge in [0.1, 0.15) is 6.10 Å². The van der Waals surface area contributed by atoms with Crippen LogP contribution in [0, 0.1) is 0 Å². The molecule has 0 aromatic heterocycles. The lowest BCUT2D eigenvalue weighted by atomic mass is 9.99. The minimum atomic E-state index is -1.11. The first-order chi connectivity index (χ1) is 12.5. The monoisotopic (exact) mass is 356 g/mol. The van der Waals surface area contributed by atoms with E-state index < -0.39 is 11.9 Å². The summed E-state index contributed by atoms with van der Waals surface area (Å²) in [6.45, 7) is 0.106. The first kappa shape index (κ1) is 19.6. The number of aliphatic hydroxyl groups is 2. The predicted molar refractivity (Wildman–Crippen MR) is 101 cm³/mol. The lowest BCUT2D eigenvalue weighted by Crippen LogP contribution is -2.21. The third kappa shape index (κ3) is 5.68. The minimum absolute atomic E-state index is 0.106. The van der Waals surface area contributed by atoms with E-state index in [0.29, 0.717) is 41.8 Å². The summed E-state index contributed by atoms with van der Waals surface area (Å²) < 4.78 is 0. The molecular weight excluding hydrogens is 332 g/mol. The molecule has 0 aliphatic carbocycles. The van der Waals surface area contributed by atoms with Crippen molar-refractivity contribution in [2.45, 2.75) is 31.8 Å². The average Bonchev–Trinajstić information content (AvgIpc) is 2.66. The Morgan fingerprint density at radius 2 is 1.69 bits per heavy atom. The van der Waals surface area contributed by atoms with Crippen LogP contribution in [0.4, 0.5) is 11.4 Å². The molecule has 138 valence electrons. The van der Waals surface area contributed by atoms with Crippen LogP contribution >= 0.6 is 0 Å². The van der Waals surface area contributed by atoms with Gasteiger partial charge in [-0.25, -0.2) is 0 Å². The third-order valence-electron chi connectivity index (χ3n) is 4.02. The molecule has 0 aliphatic rings. The molecule has 1 unspecified atom stereocenters. The molecule has 0 radical (unpaired) electrons. The summed E-state index contributed by atoms with van der Waals surface area (Å²) in [6.07, 6.45) is 1.29. The number of amides is 1. The molecule has 0 bridgehead atoms. The van der Waals surface area contributed by atoms with Gasteiger partial charge in [-0.2, -0.15) is 0 Å². The number of hydrogen-bond donors (Lipinski definition) is 4. The summed E-state index contributed by atoms with van der Waals surface area (Å²) in [5.41, 5.74) is 7.45. The first-order valence-electron chi connectivity index (χ1n) is 8.61.